The summed E-state index contributed by atoms with van der Waals surface area (Å²) in [5.41, 5.74) is 1.20. The van der Waals surface area contributed by atoms with Crippen LogP contribution < -0.4 is 15.4 Å². The quantitative estimate of drug-likeness (QED) is 0.557. The fourth-order valence-electron chi connectivity index (χ4n) is 2.99. The number of likely N-dealkylation sites (tertiary alicyclic amines) is 1. The lowest BCUT2D eigenvalue weighted by Gasteiger charge is -2.25. The standard InChI is InChI=1S/C18H30N4O2/c1-19-18(20-13-15-6-8-17(24-3)9-7-15)21-14-16-5-4-10-22(16)11-12-23-2/h6-9,16H,4-5,10-14H2,1-3H3,(H2,19,20,21). The smallest absolute Gasteiger partial charge is 0.191 e. The van der Waals surface area contributed by atoms with Gasteiger partial charge in [0.25, 0.3) is 0 Å². The maximum Gasteiger partial charge on any atom is 0.191 e. The molecular weight excluding hydrogens is 304 g/mol. The molecule has 0 spiro atoms. The fourth-order valence-corrected chi connectivity index (χ4v) is 2.99. The van der Waals surface area contributed by atoms with Crippen molar-refractivity contribution in [3.63, 3.8) is 0 Å². The Hall–Kier alpha value is -1.79. The molecule has 0 aromatic heterocycles. The SMILES string of the molecule is CN=C(NCc1ccc(OC)cc1)NCC1CCCN1CCOC. The largest absolute Gasteiger partial charge is 0.497 e. The molecule has 0 aliphatic carbocycles. The molecule has 2 rings (SSSR count). The van der Waals surface area contributed by atoms with Crippen LogP contribution in [-0.4, -0.2) is 64.4 Å². The highest BCUT2D eigenvalue weighted by Gasteiger charge is 2.23. The van der Waals surface area contributed by atoms with Crippen molar-refractivity contribution in [3.8, 4) is 5.75 Å². The second-order valence-corrected chi connectivity index (χ2v) is 5.98. The van der Waals surface area contributed by atoms with Crippen LogP contribution in [0.2, 0.25) is 0 Å². The zero-order valence-electron chi connectivity index (χ0n) is 15.0. The zero-order chi connectivity index (χ0) is 17.2. The summed E-state index contributed by atoms with van der Waals surface area (Å²) in [7, 11) is 5.24. The highest BCUT2D eigenvalue weighted by molar-refractivity contribution is 5.79. The number of methoxy groups -OCH3 is 2. The molecule has 1 aromatic carbocycles. The van der Waals surface area contributed by atoms with E-state index in [9.17, 15) is 0 Å². The van der Waals surface area contributed by atoms with Gasteiger partial charge in [-0.15, -0.1) is 0 Å². The summed E-state index contributed by atoms with van der Waals surface area (Å²) < 4.78 is 10.4. The van der Waals surface area contributed by atoms with Gasteiger partial charge in [0.05, 0.1) is 13.7 Å². The second kappa shape index (κ2) is 10.2. The number of aliphatic imine (C=N–C) groups is 1. The molecule has 1 aliphatic heterocycles. The molecule has 134 valence electrons. The van der Waals surface area contributed by atoms with E-state index in [-0.39, 0.29) is 0 Å². The molecule has 2 N–H and O–H groups in total. The number of nitrogens with zero attached hydrogens (tertiary/aromatic N) is 2. The molecule has 1 heterocycles. The first-order chi connectivity index (χ1) is 11.8. The maximum atomic E-state index is 5.20. The maximum absolute atomic E-state index is 5.20. The van der Waals surface area contributed by atoms with Crippen molar-refractivity contribution < 1.29 is 9.47 Å². The van der Waals surface area contributed by atoms with E-state index in [0.29, 0.717) is 6.04 Å². The summed E-state index contributed by atoms with van der Waals surface area (Å²) in [5, 5.41) is 6.80. The van der Waals surface area contributed by atoms with E-state index in [1.807, 2.05) is 12.1 Å². The molecule has 6 nitrogen and oxygen atoms in total. The first kappa shape index (κ1) is 18.5. The normalized spacial score (nSPS) is 18.6. The van der Waals surface area contributed by atoms with Crippen LogP contribution in [0.5, 0.6) is 5.75 Å². The minimum absolute atomic E-state index is 0.555. The number of hydrogen-bond acceptors (Lipinski definition) is 4. The highest BCUT2D eigenvalue weighted by Crippen LogP contribution is 2.15. The average molecular weight is 334 g/mol. The Kier molecular flexibility index (Phi) is 7.85. The lowest BCUT2D eigenvalue weighted by atomic mass is 10.2. The molecule has 6 heteroatoms. The molecule has 1 unspecified atom stereocenters. The van der Waals surface area contributed by atoms with Crippen LogP contribution in [0.4, 0.5) is 0 Å². The van der Waals surface area contributed by atoms with E-state index in [4.69, 9.17) is 9.47 Å². The Labute approximate surface area is 145 Å². The van der Waals surface area contributed by atoms with Crippen molar-refractivity contribution in [1.29, 1.82) is 0 Å². The van der Waals surface area contributed by atoms with Gasteiger partial charge in [-0.2, -0.15) is 0 Å². The fraction of sp³-hybridized carbons (Fsp3) is 0.611. The predicted molar refractivity (Wildman–Crippen MR) is 97.7 cm³/mol. The molecule has 24 heavy (non-hydrogen) atoms. The number of nitrogens with one attached hydrogen (secondary N) is 2. The van der Waals surface area contributed by atoms with Crippen molar-refractivity contribution in [2.45, 2.75) is 25.4 Å². The Balaban J connectivity index is 1.75. The van der Waals surface area contributed by atoms with Gasteiger partial charge in [-0.05, 0) is 37.1 Å². The summed E-state index contributed by atoms with van der Waals surface area (Å²) in [4.78, 5) is 6.80. The number of ether oxygens (including phenoxy) is 2. The second-order valence-electron chi connectivity index (χ2n) is 5.98. The first-order valence-corrected chi connectivity index (χ1v) is 8.57. The molecule has 1 saturated heterocycles. The van der Waals surface area contributed by atoms with Crippen molar-refractivity contribution >= 4 is 5.96 Å². The molecule has 0 amide bonds. The lowest BCUT2D eigenvalue weighted by Crippen LogP contribution is -2.45. The molecule has 1 fully saturated rings. The Morgan fingerprint density at radius 3 is 2.71 bits per heavy atom. The molecule has 0 saturated carbocycles. The minimum Gasteiger partial charge on any atom is -0.497 e. The highest BCUT2D eigenvalue weighted by atomic mass is 16.5. The third-order valence-corrected chi connectivity index (χ3v) is 4.43. The molecule has 0 radical (unpaired) electrons. The van der Waals surface area contributed by atoms with E-state index < -0.39 is 0 Å². The van der Waals surface area contributed by atoms with Gasteiger partial charge >= 0.3 is 0 Å². The Bertz CT molecular complexity index is 504. The van der Waals surface area contributed by atoms with Gasteiger partial charge in [-0.25, -0.2) is 0 Å². The summed E-state index contributed by atoms with van der Waals surface area (Å²) in [5.74, 6) is 1.71. The third-order valence-electron chi connectivity index (χ3n) is 4.43. The van der Waals surface area contributed by atoms with Crippen LogP contribution in [0.3, 0.4) is 0 Å². The Morgan fingerprint density at radius 2 is 2.04 bits per heavy atom. The van der Waals surface area contributed by atoms with Gasteiger partial charge in [-0.3, -0.25) is 9.89 Å². The van der Waals surface area contributed by atoms with Gasteiger partial charge in [-0.1, -0.05) is 12.1 Å². The van der Waals surface area contributed by atoms with E-state index in [0.717, 1.165) is 44.5 Å². The van der Waals surface area contributed by atoms with Gasteiger partial charge in [0.2, 0.25) is 0 Å². The van der Waals surface area contributed by atoms with E-state index in [1.165, 1.54) is 18.4 Å². The summed E-state index contributed by atoms with van der Waals surface area (Å²) >= 11 is 0. The monoisotopic (exact) mass is 334 g/mol. The van der Waals surface area contributed by atoms with Gasteiger partial charge in [0, 0.05) is 39.8 Å². The van der Waals surface area contributed by atoms with E-state index in [1.54, 1.807) is 21.3 Å². The summed E-state index contributed by atoms with van der Waals surface area (Å²) in [6, 6.07) is 8.61. The Morgan fingerprint density at radius 1 is 1.25 bits per heavy atom. The average Bonchev–Trinajstić information content (AvgIpc) is 3.08. The minimum atomic E-state index is 0.555. The van der Waals surface area contributed by atoms with Crippen LogP contribution in [0, 0.1) is 0 Å². The van der Waals surface area contributed by atoms with Crippen LogP contribution in [0.15, 0.2) is 29.3 Å². The van der Waals surface area contributed by atoms with Gasteiger partial charge in [0.15, 0.2) is 5.96 Å². The van der Waals surface area contributed by atoms with Crippen LogP contribution in [0.25, 0.3) is 0 Å². The zero-order valence-corrected chi connectivity index (χ0v) is 15.0. The van der Waals surface area contributed by atoms with Gasteiger partial charge < -0.3 is 20.1 Å². The number of rotatable bonds is 8. The topological polar surface area (TPSA) is 58.1 Å². The number of benzene rings is 1. The molecule has 1 aromatic rings. The van der Waals surface area contributed by atoms with E-state index >= 15 is 0 Å². The molecule has 0 bridgehead atoms. The van der Waals surface area contributed by atoms with Crippen LogP contribution in [0.1, 0.15) is 18.4 Å². The predicted octanol–water partition coefficient (Wildman–Crippen LogP) is 1.47. The third kappa shape index (κ3) is 5.69. The molecular formula is C18H30N4O2. The lowest BCUT2D eigenvalue weighted by molar-refractivity contribution is 0.141. The van der Waals surface area contributed by atoms with Crippen molar-refractivity contribution in [2.24, 2.45) is 4.99 Å². The van der Waals surface area contributed by atoms with Crippen LogP contribution in [-0.2, 0) is 11.3 Å². The number of guanidine groups is 1. The van der Waals surface area contributed by atoms with Crippen molar-refractivity contribution in [1.82, 2.24) is 15.5 Å². The van der Waals surface area contributed by atoms with Crippen LogP contribution >= 0.6 is 0 Å². The molecule has 1 aliphatic rings. The summed E-state index contributed by atoms with van der Waals surface area (Å²) in [6.07, 6.45) is 2.49. The number of hydrogen-bond donors (Lipinski definition) is 2. The van der Waals surface area contributed by atoms with Gasteiger partial charge in [0.1, 0.15) is 5.75 Å². The van der Waals surface area contributed by atoms with Crippen molar-refractivity contribution in [2.75, 3.05) is 47.5 Å². The van der Waals surface area contributed by atoms with E-state index in [2.05, 4.69) is 32.7 Å². The molecule has 1 atom stereocenters. The summed E-state index contributed by atoms with van der Waals surface area (Å²) in [6.45, 7) is 4.60. The van der Waals surface area contributed by atoms with Crippen molar-refractivity contribution in [3.05, 3.63) is 29.8 Å². The first-order valence-electron chi connectivity index (χ1n) is 8.57.